The first-order valence-electron chi connectivity index (χ1n) is 10.7. The van der Waals surface area contributed by atoms with Crippen molar-refractivity contribution in [2.24, 2.45) is 0 Å². The van der Waals surface area contributed by atoms with E-state index in [1.54, 1.807) is 48.8 Å². The molecule has 3 heterocycles. The highest BCUT2D eigenvalue weighted by atomic mass is 16.5. The average molecular weight is 451 g/mol. The first kappa shape index (κ1) is 22.4. The summed E-state index contributed by atoms with van der Waals surface area (Å²) in [6.07, 6.45) is 4.65. The van der Waals surface area contributed by atoms with E-state index in [9.17, 15) is 19.2 Å². The number of hydrogen-bond acceptors (Lipinski definition) is 7. The Morgan fingerprint density at radius 2 is 1.88 bits per heavy atom. The third-order valence-corrected chi connectivity index (χ3v) is 5.83. The standard InChI is InChI=1S/C23H25N5O5/c1-33-22(31)16-4-6-17(7-5-16)26-19(29)14-27-18-3-2-10-25-20(18)21(30)28(23(27)32)13-15-8-11-24-12-9-15/h4-9,11-12,18,20,25H,2-3,10,13-14H2,1H3,(H,26,29). The number of fused-ring (bicyclic) bond motifs is 1. The van der Waals surface area contributed by atoms with E-state index in [-0.39, 0.29) is 25.0 Å². The highest BCUT2D eigenvalue weighted by Gasteiger charge is 2.47. The molecule has 0 saturated carbocycles. The van der Waals surface area contributed by atoms with Crippen LogP contribution in [0, 0.1) is 0 Å². The maximum absolute atomic E-state index is 13.3. The van der Waals surface area contributed by atoms with E-state index in [0.29, 0.717) is 24.2 Å². The van der Waals surface area contributed by atoms with Crippen LogP contribution in [-0.2, 0) is 20.9 Å². The highest BCUT2D eigenvalue weighted by Crippen LogP contribution is 2.26. The number of rotatable bonds is 6. The molecule has 2 N–H and O–H groups in total. The van der Waals surface area contributed by atoms with Crippen LogP contribution in [0.2, 0.25) is 0 Å². The Bertz CT molecular complexity index is 1040. The molecule has 0 aliphatic carbocycles. The van der Waals surface area contributed by atoms with Gasteiger partial charge in [-0.1, -0.05) is 0 Å². The fraction of sp³-hybridized carbons (Fsp3) is 0.348. The maximum Gasteiger partial charge on any atom is 0.337 e. The van der Waals surface area contributed by atoms with Crippen LogP contribution in [0.5, 0.6) is 0 Å². The molecule has 2 aromatic rings. The monoisotopic (exact) mass is 451 g/mol. The van der Waals surface area contributed by atoms with Gasteiger partial charge in [-0.05, 0) is 61.3 Å². The third kappa shape index (κ3) is 4.85. The molecule has 33 heavy (non-hydrogen) atoms. The minimum Gasteiger partial charge on any atom is -0.465 e. The van der Waals surface area contributed by atoms with Gasteiger partial charge >= 0.3 is 12.0 Å². The average Bonchev–Trinajstić information content (AvgIpc) is 2.85. The summed E-state index contributed by atoms with van der Waals surface area (Å²) < 4.78 is 4.67. The van der Waals surface area contributed by atoms with Crippen molar-refractivity contribution in [1.82, 2.24) is 20.1 Å². The number of esters is 1. The van der Waals surface area contributed by atoms with E-state index < -0.39 is 23.9 Å². The second-order valence-electron chi connectivity index (χ2n) is 7.95. The lowest BCUT2D eigenvalue weighted by Crippen LogP contribution is -2.70. The minimum atomic E-state index is -0.551. The van der Waals surface area contributed by atoms with Crippen LogP contribution in [0.4, 0.5) is 10.5 Å². The lowest BCUT2D eigenvalue weighted by Gasteiger charge is -2.46. The molecular formula is C23H25N5O5. The van der Waals surface area contributed by atoms with Crippen molar-refractivity contribution in [3.8, 4) is 0 Å². The topological polar surface area (TPSA) is 121 Å². The SMILES string of the molecule is COC(=O)c1ccc(NC(=O)CN2C(=O)N(Cc3ccncc3)C(=O)C3NCCCC32)cc1. The van der Waals surface area contributed by atoms with Gasteiger partial charge in [0.25, 0.3) is 0 Å². The Morgan fingerprint density at radius 1 is 1.15 bits per heavy atom. The highest BCUT2D eigenvalue weighted by molar-refractivity contribution is 6.03. The van der Waals surface area contributed by atoms with Gasteiger partial charge in [-0.3, -0.25) is 19.5 Å². The van der Waals surface area contributed by atoms with E-state index in [1.165, 1.54) is 16.9 Å². The first-order chi connectivity index (χ1) is 16.0. The molecule has 10 nitrogen and oxygen atoms in total. The van der Waals surface area contributed by atoms with E-state index in [1.807, 2.05) is 0 Å². The van der Waals surface area contributed by atoms with Crippen molar-refractivity contribution in [3.63, 3.8) is 0 Å². The van der Waals surface area contributed by atoms with Gasteiger partial charge < -0.3 is 20.3 Å². The number of hydrogen-bond donors (Lipinski definition) is 2. The molecule has 0 spiro atoms. The molecule has 4 rings (SSSR count). The number of urea groups is 1. The van der Waals surface area contributed by atoms with Crippen LogP contribution in [0.15, 0.2) is 48.8 Å². The normalized spacial score (nSPS) is 20.3. The quantitative estimate of drug-likeness (QED) is 0.637. The maximum atomic E-state index is 13.3. The zero-order valence-corrected chi connectivity index (χ0v) is 18.2. The number of methoxy groups -OCH3 is 1. The molecule has 2 saturated heterocycles. The third-order valence-electron chi connectivity index (χ3n) is 5.83. The zero-order valence-electron chi connectivity index (χ0n) is 18.2. The van der Waals surface area contributed by atoms with E-state index in [0.717, 1.165) is 12.0 Å². The molecule has 2 aliphatic heterocycles. The summed E-state index contributed by atoms with van der Waals surface area (Å²) in [7, 11) is 1.30. The Morgan fingerprint density at radius 3 is 2.58 bits per heavy atom. The van der Waals surface area contributed by atoms with Crippen molar-refractivity contribution < 1.29 is 23.9 Å². The van der Waals surface area contributed by atoms with Gasteiger partial charge in [0.1, 0.15) is 12.6 Å². The van der Waals surface area contributed by atoms with Crippen LogP contribution in [0.1, 0.15) is 28.8 Å². The van der Waals surface area contributed by atoms with Gasteiger partial charge in [0.2, 0.25) is 11.8 Å². The van der Waals surface area contributed by atoms with Crippen molar-refractivity contribution in [2.75, 3.05) is 25.5 Å². The number of aromatic nitrogens is 1. The Hall–Kier alpha value is -3.79. The predicted octanol–water partition coefficient (Wildman–Crippen LogP) is 1.39. The van der Waals surface area contributed by atoms with Gasteiger partial charge in [0, 0.05) is 18.1 Å². The number of anilines is 1. The lowest BCUT2D eigenvalue weighted by atomic mass is 9.93. The van der Waals surface area contributed by atoms with E-state index >= 15 is 0 Å². The fourth-order valence-corrected chi connectivity index (χ4v) is 4.18. The van der Waals surface area contributed by atoms with Crippen molar-refractivity contribution in [1.29, 1.82) is 0 Å². The lowest BCUT2D eigenvalue weighted by molar-refractivity contribution is -0.138. The van der Waals surface area contributed by atoms with Crippen LogP contribution >= 0.6 is 0 Å². The van der Waals surface area contributed by atoms with Gasteiger partial charge in [-0.25, -0.2) is 9.59 Å². The molecule has 0 bridgehead atoms. The van der Waals surface area contributed by atoms with Gasteiger partial charge in [0.15, 0.2) is 0 Å². The smallest absolute Gasteiger partial charge is 0.337 e. The summed E-state index contributed by atoms with van der Waals surface area (Å²) in [5.74, 6) is -1.14. The second kappa shape index (κ2) is 9.78. The molecule has 10 heteroatoms. The molecule has 172 valence electrons. The molecule has 1 aromatic heterocycles. The van der Waals surface area contributed by atoms with Crippen LogP contribution < -0.4 is 10.6 Å². The second-order valence-corrected chi connectivity index (χ2v) is 7.95. The van der Waals surface area contributed by atoms with E-state index in [4.69, 9.17) is 0 Å². The minimum absolute atomic E-state index is 0.109. The van der Waals surface area contributed by atoms with E-state index in [2.05, 4.69) is 20.4 Å². The summed E-state index contributed by atoms with van der Waals surface area (Å²) >= 11 is 0. The van der Waals surface area contributed by atoms with Gasteiger partial charge in [-0.15, -0.1) is 0 Å². The molecule has 0 radical (unpaired) electrons. The molecule has 2 aliphatic rings. The number of amides is 4. The number of imide groups is 1. The van der Waals surface area contributed by atoms with Crippen molar-refractivity contribution >= 4 is 29.5 Å². The fourth-order valence-electron chi connectivity index (χ4n) is 4.18. The number of benzene rings is 1. The molecule has 2 unspecified atom stereocenters. The Kier molecular flexibility index (Phi) is 6.64. The summed E-state index contributed by atoms with van der Waals surface area (Å²) in [6.45, 7) is 0.593. The van der Waals surface area contributed by atoms with Crippen LogP contribution in [0.25, 0.3) is 0 Å². The van der Waals surface area contributed by atoms with Crippen LogP contribution in [-0.4, -0.2) is 70.9 Å². The Balaban J connectivity index is 1.49. The number of carbonyl (C=O) groups excluding carboxylic acids is 4. The van der Waals surface area contributed by atoms with Gasteiger partial charge in [0.05, 0.1) is 25.3 Å². The summed E-state index contributed by atoms with van der Waals surface area (Å²) in [4.78, 5) is 57.4. The molecule has 1 aromatic carbocycles. The largest absolute Gasteiger partial charge is 0.465 e. The summed E-state index contributed by atoms with van der Waals surface area (Å²) in [6, 6.07) is 8.33. The predicted molar refractivity (Wildman–Crippen MR) is 118 cm³/mol. The molecule has 2 fully saturated rings. The number of carbonyl (C=O) groups is 4. The van der Waals surface area contributed by atoms with Gasteiger partial charge in [-0.2, -0.15) is 0 Å². The number of piperidine rings is 1. The summed E-state index contributed by atoms with van der Waals surface area (Å²) in [5.41, 5.74) is 1.62. The molecule has 4 amide bonds. The number of nitrogens with zero attached hydrogens (tertiary/aromatic N) is 3. The molecule has 2 atom stereocenters. The number of ether oxygens (including phenoxy) is 1. The first-order valence-corrected chi connectivity index (χ1v) is 10.7. The Labute approximate surface area is 190 Å². The van der Waals surface area contributed by atoms with Crippen molar-refractivity contribution in [2.45, 2.75) is 31.5 Å². The number of nitrogens with one attached hydrogen (secondary N) is 2. The van der Waals surface area contributed by atoms with Crippen LogP contribution in [0.3, 0.4) is 0 Å². The molecular weight excluding hydrogens is 426 g/mol. The zero-order chi connectivity index (χ0) is 23.4. The number of pyridine rings is 1. The summed E-state index contributed by atoms with van der Waals surface area (Å²) in [5, 5.41) is 5.96. The van der Waals surface area contributed by atoms with Crippen molar-refractivity contribution in [3.05, 3.63) is 59.9 Å².